The summed E-state index contributed by atoms with van der Waals surface area (Å²) in [5, 5.41) is 9.07. The average Bonchev–Trinajstić information content (AvgIpc) is 2.71. The van der Waals surface area contributed by atoms with Gasteiger partial charge >= 0.3 is 12.1 Å². The maximum atomic E-state index is 13.1. The molecule has 0 radical (unpaired) electrons. The highest BCUT2D eigenvalue weighted by molar-refractivity contribution is 6.00. The normalized spacial score (nSPS) is 21.5. The summed E-state index contributed by atoms with van der Waals surface area (Å²) in [7, 11) is 2.01. The molecule has 2 aliphatic rings. The molecule has 0 saturated carbocycles. The number of amides is 1. The smallest absolute Gasteiger partial charge is 0.410 e. The van der Waals surface area contributed by atoms with E-state index in [-0.39, 0.29) is 30.8 Å². The van der Waals surface area contributed by atoms with Crippen LogP contribution in [0.5, 0.6) is 0 Å². The molecule has 7 heteroatoms. The van der Waals surface area contributed by atoms with Gasteiger partial charge in [-0.2, -0.15) is 0 Å². The van der Waals surface area contributed by atoms with Gasteiger partial charge < -0.3 is 19.5 Å². The summed E-state index contributed by atoms with van der Waals surface area (Å²) >= 11 is 0. The molecule has 0 aromatic heterocycles. The predicted octanol–water partition coefficient (Wildman–Crippen LogP) is 3.25. The molecule has 1 amide bonds. The number of carbonyl (C=O) groups excluding carboxylic acids is 2. The van der Waals surface area contributed by atoms with Crippen LogP contribution in [-0.4, -0.2) is 78.0 Å². The Hall–Kier alpha value is -2.38. The molecule has 2 heterocycles. The molecular weight excluding hydrogens is 408 g/mol. The summed E-state index contributed by atoms with van der Waals surface area (Å²) in [4.78, 5) is 29.7. The quantitative estimate of drug-likeness (QED) is 0.679. The van der Waals surface area contributed by atoms with Gasteiger partial charge in [-0.15, -0.1) is 0 Å². The van der Waals surface area contributed by atoms with Gasteiger partial charge in [0.1, 0.15) is 5.60 Å². The van der Waals surface area contributed by atoms with Crippen LogP contribution in [0, 0.1) is 0 Å². The molecule has 1 saturated heterocycles. The Morgan fingerprint density at radius 3 is 2.44 bits per heavy atom. The van der Waals surface area contributed by atoms with Crippen molar-refractivity contribution in [1.29, 1.82) is 0 Å². The van der Waals surface area contributed by atoms with Crippen molar-refractivity contribution in [2.75, 3.05) is 33.4 Å². The van der Waals surface area contributed by atoms with Crippen molar-refractivity contribution in [2.24, 2.45) is 0 Å². The van der Waals surface area contributed by atoms with Crippen LogP contribution >= 0.6 is 0 Å². The first-order chi connectivity index (χ1) is 15.1. The van der Waals surface area contributed by atoms with Gasteiger partial charge in [0.2, 0.25) is 0 Å². The third-order valence-corrected chi connectivity index (χ3v) is 6.06. The molecule has 1 N–H and O–H groups in total. The maximum Gasteiger partial charge on any atom is 0.410 e. The van der Waals surface area contributed by atoms with Crippen molar-refractivity contribution in [3.05, 3.63) is 41.0 Å². The Bertz CT molecular complexity index is 856. The van der Waals surface area contributed by atoms with Crippen molar-refractivity contribution in [2.45, 2.75) is 64.6 Å². The fraction of sp³-hybridized carbons (Fsp3) is 0.600. The molecular formula is C25H36N2O5. The number of hydrogen-bond acceptors (Lipinski definition) is 6. The molecule has 2 atom stereocenters. The standard InChI is InChI=1S/C25H36N2O5/c1-6-31-23(29)22-20(18-11-9-17(10-12-18)8-7-13-28)14-19-15-27(16-21(22)26(19)5)24(30)32-25(2,3)4/h9-12,19,21,28H,6-8,13-16H2,1-5H3. The van der Waals surface area contributed by atoms with Crippen LogP contribution in [0.1, 0.15) is 51.7 Å². The molecule has 32 heavy (non-hydrogen) atoms. The first-order valence-corrected chi connectivity index (χ1v) is 11.4. The lowest BCUT2D eigenvalue weighted by molar-refractivity contribution is -0.140. The molecule has 1 fully saturated rings. The van der Waals surface area contributed by atoms with E-state index in [1.165, 1.54) is 0 Å². The largest absolute Gasteiger partial charge is 0.463 e. The van der Waals surface area contributed by atoms with Gasteiger partial charge in [-0.25, -0.2) is 9.59 Å². The van der Waals surface area contributed by atoms with E-state index in [9.17, 15) is 9.59 Å². The maximum absolute atomic E-state index is 13.1. The molecule has 3 rings (SSSR count). The van der Waals surface area contributed by atoms with Crippen molar-refractivity contribution < 1.29 is 24.2 Å². The minimum absolute atomic E-state index is 0.0866. The lowest BCUT2D eigenvalue weighted by Gasteiger charge is -2.49. The lowest BCUT2D eigenvalue weighted by atomic mass is 9.82. The number of aliphatic hydroxyl groups excluding tert-OH is 1. The number of carbonyl (C=O) groups is 2. The van der Waals surface area contributed by atoms with E-state index in [1.54, 1.807) is 11.8 Å². The fourth-order valence-corrected chi connectivity index (χ4v) is 4.47. The zero-order chi connectivity index (χ0) is 23.5. The fourth-order valence-electron chi connectivity index (χ4n) is 4.47. The zero-order valence-corrected chi connectivity index (χ0v) is 19.9. The molecule has 2 bridgehead atoms. The number of rotatable bonds is 6. The van der Waals surface area contributed by atoms with Gasteiger partial charge in [-0.05, 0) is 70.7 Å². The third kappa shape index (κ3) is 5.51. The van der Waals surface area contributed by atoms with E-state index in [2.05, 4.69) is 17.0 Å². The minimum atomic E-state index is -0.571. The highest BCUT2D eigenvalue weighted by Gasteiger charge is 2.44. The van der Waals surface area contributed by atoms with Gasteiger partial charge in [0.05, 0.1) is 18.2 Å². The molecule has 1 aromatic rings. The second kappa shape index (κ2) is 10.0. The summed E-state index contributed by atoms with van der Waals surface area (Å²) < 4.78 is 11.0. The second-order valence-electron chi connectivity index (χ2n) is 9.56. The number of aliphatic hydroxyl groups is 1. The Morgan fingerprint density at radius 1 is 1.16 bits per heavy atom. The van der Waals surface area contributed by atoms with Crippen LogP contribution in [0.25, 0.3) is 5.57 Å². The van der Waals surface area contributed by atoms with Crippen LogP contribution in [0.4, 0.5) is 4.79 Å². The highest BCUT2D eigenvalue weighted by atomic mass is 16.6. The number of ether oxygens (including phenoxy) is 2. The van der Waals surface area contributed by atoms with E-state index in [4.69, 9.17) is 14.6 Å². The number of aryl methyl sites for hydroxylation is 1. The molecule has 1 aromatic carbocycles. The first-order valence-electron chi connectivity index (χ1n) is 11.4. The van der Waals surface area contributed by atoms with E-state index >= 15 is 0 Å². The Labute approximate surface area is 191 Å². The highest BCUT2D eigenvalue weighted by Crippen LogP contribution is 2.38. The van der Waals surface area contributed by atoms with E-state index in [0.717, 1.165) is 29.5 Å². The molecule has 7 nitrogen and oxygen atoms in total. The summed E-state index contributed by atoms with van der Waals surface area (Å²) in [6.45, 7) is 8.77. The second-order valence-corrected chi connectivity index (χ2v) is 9.56. The monoisotopic (exact) mass is 444 g/mol. The summed E-state index contributed by atoms with van der Waals surface area (Å²) in [5.41, 5.74) is 3.22. The van der Waals surface area contributed by atoms with Crippen molar-refractivity contribution >= 4 is 17.6 Å². The number of benzene rings is 1. The average molecular weight is 445 g/mol. The number of esters is 1. The number of piperazine rings is 1. The third-order valence-electron chi connectivity index (χ3n) is 6.06. The van der Waals surface area contributed by atoms with Crippen LogP contribution in [-0.2, 0) is 20.7 Å². The number of likely N-dealkylation sites (N-methyl/N-ethyl adjacent to an activating group) is 1. The van der Waals surface area contributed by atoms with Gasteiger partial charge in [0, 0.05) is 25.7 Å². The van der Waals surface area contributed by atoms with Crippen LogP contribution in [0.2, 0.25) is 0 Å². The first kappa shape index (κ1) is 24.3. The lowest BCUT2D eigenvalue weighted by Crippen LogP contribution is -2.62. The van der Waals surface area contributed by atoms with Gasteiger partial charge in [-0.1, -0.05) is 24.3 Å². The molecule has 0 spiro atoms. The van der Waals surface area contributed by atoms with Gasteiger partial charge in [-0.3, -0.25) is 4.90 Å². The van der Waals surface area contributed by atoms with E-state index in [0.29, 0.717) is 31.7 Å². The van der Waals surface area contributed by atoms with Crippen LogP contribution < -0.4 is 0 Å². The molecule has 2 aliphatic heterocycles. The number of hydrogen-bond donors (Lipinski definition) is 1. The summed E-state index contributed by atoms with van der Waals surface area (Å²) in [5.74, 6) is -0.326. The van der Waals surface area contributed by atoms with Crippen molar-refractivity contribution in [3.8, 4) is 0 Å². The van der Waals surface area contributed by atoms with E-state index < -0.39 is 5.60 Å². The zero-order valence-electron chi connectivity index (χ0n) is 19.9. The molecule has 2 unspecified atom stereocenters. The Kier molecular flexibility index (Phi) is 7.62. The van der Waals surface area contributed by atoms with Crippen LogP contribution in [0.3, 0.4) is 0 Å². The van der Waals surface area contributed by atoms with Crippen molar-refractivity contribution in [1.82, 2.24) is 9.80 Å². The topological polar surface area (TPSA) is 79.3 Å². The summed E-state index contributed by atoms with van der Waals surface area (Å²) in [6.07, 6.45) is 1.85. The Morgan fingerprint density at radius 2 is 1.84 bits per heavy atom. The van der Waals surface area contributed by atoms with Crippen LogP contribution in [0.15, 0.2) is 29.8 Å². The SMILES string of the molecule is CCOC(=O)C1=C(c2ccc(CCCO)cc2)CC2CN(C(=O)OC(C)(C)C)CC1N2C. The van der Waals surface area contributed by atoms with Crippen molar-refractivity contribution in [3.63, 3.8) is 0 Å². The number of fused-ring (bicyclic) bond motifs is 2. The summed E-state index contributed by atoms with van der Waals surface area (Å²) in [6, 6.07) is 8.05. The molecule has 0 aliphatic carbocycles. The Balaban J connectivity index is 1.94. The van der Waals surface area contributed by atoms with E-state index in [1.807, 2.05) is 40.0 Å². The van der Waals surface area contributed by atoms with Gasteiger partial charge in [0.25, 0.3) is 0 Å². The number of nitrogens with zero attached hydrogens (tertiary/aromatic N) is 2. The molecule has 176 valence electrons. The van der Waals surface area contributed by atoms with Gasteiger partial charge in [0.15, 0.2) is 0 Å². The minimum Gasteiger partial charge on any atom is -0.463 e. The predicted molar refractivity (Wildman–Crippen MR) is 123 cm³/mol.